The van der Waals surface area contributed by atoms with Crippen molar-refractivity contribution in [2.24, 2.45) is 0 Å². The minimum absolute atomic E-state index is 0.0193. The number of amides is 3. The molecule has 1 saturated carbocycles. The van der Waals surface area contributed by atoms with Crippen molar-refractivity contribution < 1.29 is 19.1 Å². The van der Waals surface area contributed by atoms with Crippen LogP contribution >= 0.6 is 0 Å². The van der Waals surface area contributed by atoms with Crippen LogP contribution in [0.15, 0.2) is 0 Å². The van der Waals surface area contributed by atoms with E-state index in [1.54, 1.807) is 14.0 Å². The maximum atomic E-state index is 11.6. The summed E-state index contributed by atoms with van der Waals surface area (Å²) in [6.07, 6.45) is 4.15. The highest BCUT2D eigenvalue weighted by Crippen LogP contribution is 2.17. The van der Waals surface area contributed by atoms with E-state index in [2.05, 4.69) is 10.6 Å². The summed E-state index contributed by atoms with van der Waals surface area (Å²) < 4.78 is 4.77. The molecule has 7 nitrogen and oxygen atoms in total. The Balaban J connectivity index is 2.20. The van der Waals surface area contributed by atoms with Gasteiger partial charge in [0, 0.05) is 6.04 Å². The molecule has 0 unspecified atom stereocenters. The molecule has 0 atom stereocenters. The molecule has 1 rings (SSSR count). The highest BCUT2D eigenvalue weighted by molar-refractivity contribution is 5.95. The van der Waals surface area contributed by atoms with Crippen molar-refractivity contribution in [1.82, 2.24) is 15.5 Å². The lowest BCUT2D eigenvalue weighted by molar-refractivity contribution is -0.144. The number of urea groups is 1. The Bertz CT molecular complexity index is 354. The molecule has 0 bridgehead atoms. The number of hydrogen-bond acceptors (Lipinski definition) is 5. The predicted molar refractivity (Wildman–Crippen MR) is 73.1 cm³/mol. The first kappa shape index (κ1) is 16.4. The van der Waals surface area contributed by atoms with Gasteiger partial charge < -0.3 is 10.1 Å². The average Bonchev–Trinajstić information content (AvgIpc) is 2.80. The molecule has 0 aromatic rings. The van der Waals surface area contributed by atoms with E-state index in [-0.39, 0.29) is 19.1 Å². The summed E-state index contributed by atoms with van der Waals surface area (Å²) in [6.45, 7) is 2.02. The summed E-state index contributed by atoms with van der Waals surface area (Å²) >= 11 is 0. The van der Waals surface area contributed by atoms with Gasteiger partial charge in [0.25, 0.3) is 0 Å². The molecule has 114 valence electrons. The SMILES string of the molecule is CCOC(=O)CN(C)CC(=O)NC(=O)NC1CCCC1. The van der Waals surface area contributed by atoms with E-state index in [0.717, 1.165) is 25.7 Å². The minimum atomic E-state index is -0.466. The molecule has 3 amide bonds. The fourth-order valence-corrected chi connectivity index (χ4v) is 2.19. The predicted octanol–water partition coefficient (Wildman–Crippen LogP) is 0.250. The molecule has 1 fully saturated rings. The Morgan fingerprint density at radius 3 is 2.45 bits per heavy atom. The molecule has 2 N–H and O–H groups in total. The number of nitrogens with zero attached hydrogens (tertiary/aromatic N) is 1. The zero-order valence-corrected chi connectivity index (χ0v) is 12.1. The largest absolute Gasteiger partial charge is 0.465 e. The molecular formula is C13H23N3O4. The third kappa shape index (κ3) is 6.51. The van der Waals surface area contributed by atoms with Gasteiger partial charge in [-0.15, -0.1) is 0 Å². The lowest BCUT2D eigenvalue weighted by Gasteiger charge is -2.16. The first-order chi connectivity index (χ1) is 9.51. The second kappa shape index (κ2) is 8.52. The van der Waals surface area contributed by atoms with E-state index in [1.165, 1.54) is 4.90 Å². The highest BCUT2D eigenvalue weighted by atomic mass is 16.5. The number of likely N-dealkylation sites (N-methyl/N-ethyl adjacent to an activating group) is 1. The van der Waals surface area contributed by atoms with Gasteiger partial charge in [0.05, 0.1) is 19.7 Å². The van der Waals surface area contributed by atoms with Gasteiger partial charge in [-0.05, 0) is 26.8 Å². The average molecular weight is 285 g/mol. The van der Waals surface area contributed by atoms with Gasteiger partial charge in [-0.2, -0.15) is 0 Å². The van der Waals surface area contributed by atoms with E-state index in [0.29, 0.717) is 6.61 Å². The molecular weight excluding hydrogens is 262 g/mol. The maximum absolute atomic E-state index is 11.6. The molecule has 0 heterocycles. The lowest BCUT2D eigenvalue weighted by Crippen LogP contribution is -2.47. The van der Waals surface area contributed by atoms with Gasteiger partial charge >= 0.3 is 12.0 Å². The molecule has 0 aliphatic heterocycles. The van der Waals surface area contributed by atoms with Crippen LogP contribution < -0.4 is 10.6 Å². The second-order valence-corrected chi connectivity index (χ2v) is 4.98. The highest BCUT2D eigenvalue weighted by Gasteiger charge is 2.19. The Morgan fingerprint density at radius 1 is 1.20 bits per heavy atom. The fourth-order valence-electron chi connectivity index (χ4n) is 2.19. The summed E-state index contributed by atoms with van der Waals surface area (Å²) in [7, 11) is 1.62. The first-order valence-corrected chi connectivity index (χ1v) is 6.95. The van der Waals surface area contributed by atoms with Gasteiger partial charge in [-0.3, -0.25) is 19.8 Å². The van der Waals surface area contributed by atoms with Gasteiger partial charge in [-0.25, -0.2) is 4.79 Å². The van der Waals surface area contributed by atoms with E-state index in [4.69, 9.17) is 4.74 Å². The molecule has 1 aliphatic carbocycles. The number of esters is 1. The molecule has 1 aliphatic rings. The van der Waals surface area contributed by atoms with Crippen molar-refractivity contribution in [3.63, 3.8) is 0 Å². The van der Waals surface area contributed by atoms with Crippen LogP contribution in [0.25, 0.3) is 0 Å². The number of carbonyl (C=O) groups excluding carboxylic acids is 3. The monoisotopic (exact) mass is 285 g/mol. The van der Waals surface area contributed by atoms with Crippen molar-refractivity contribution in [3.8, 4) is 0 Å². The summed E-state index contributed by atoms with van der Waals surface area (Å²) in [6, 6.07) is -0.300. The van der Waals surface area contributed by atoms with E-state index < -0.39 is 17.9 Å². The molecule has 0 radical (unpaired) electrons. The van der Waals surface area contributed by atoms with E-state index in [9.17, 15) is 14.4 Å². The number of carbonyl (C=O) groups is 3. The van der Waals surface area contributed by atoms with Crippen molar-refractivity contribution in [2.75, 3.05) is 26.7 Å². The van der Waals surface area contributed by atoms with Gasteiger partial charge in [0.2, 0.25) is 5.91 Å². The Kier molecular flexibility index (Phi) is 7.00. The van der Waals surface area contributed by atoms with E-state index in [1.807, 2.05) is 0 Å². The van der Waals surface area contributed by atoms with Crippen LogP contribution in [0.2, 0.25) is 0 Å². The number of imide groups is 1. The molecule has 0 saturated heterocycles. The van der Waals surface area contributed by atoms with Crippen LogP contribution in [0.5, 0.6) is 0 Å². The Labute approximate surface area is 119 Å². The summed E-state index contributed by atoms with van der Waals surface area (Å²) in [5.74, 6) is -0.828. The number of nitrogens with one attached hydrogen (secondary N) is 2. The summed E-state index contributed by atoms with van der Waals surface area (Å²) in [5.41, 5.74) is 0. The topological polar surface area (TPSA) is 87.7 Å². The van der Waals surface area contributed by atoms with Crippen molar-refractivity contribution in [1.29, 1.82) is 0 Å². The van der Waals surface area contributed by atoms with Crippen LogP contribution in [-0.4, -0.2) is 55.6 Å². The number of rotatable bonds is 6. The zero-order valence-electron chi connectivity index (χ0n) is 12.1. The maximum Gasteiger partial charge on any atom is 0.321 e. The summed E-state index contributed by atoms with van der Waals surface area (Å²) in [4.78, 5) is 35.9. The zero-order chi connectivity index (χ0) is 15.0. The van der Waals surface area contributed by atoms with Crippen LogP contribution in [0.1, 0.15) is 32.6 Å². The van der Waals surface area contributed by atoms with Crippen LogP contribution in [-0.2, 0) is 14.3 Å². The third-order valence-electron chi connectivity index (χ3n) is 3.06. The molecule has 20 heavy (non-hydrogen) atoms. The standard InChI is InChI=1S/C13H23N3O4/c1-3-20-12(18)9-16(2)8-11(17)15-13(19)14-10-6-4-5-7-10/h10H,3-9H2,1-2H3,(H2,14,15,17,19). The molecule has 7 heteroatoms. The quantitative estimate of drug-likeness (QED) is 0.683. The van der Waals surface area contributed by atoms with Crippen molar-refractivity contribution in [2.45, 2.75) is 38.6 Å². The molecule has 0 aromatic carbocycles. The lowest BCUT2D eigenvalue weighted by atomic mass is 10.2. The smallest absolute Gasteiger partial charge is 0.321 e. The van der Waals surface area contributed by atoms with Crippen molar-refractivity contribution >= 4 is 17.9 Å². The fraction of sp³-hybridized carbons (Fsp3) is 0.769. The third-order valence-corrected chi connectivity index (χ3v) is 3.06. The molecule has 0 aromatic heterocycles. The first-order valence-electron chi connectivity index (χ1n) is 6.95. The van der Waals surface area contributed by atoms with Gasteiger partial charge in [-0.1, -0.05) is 12.8 Å². The van der Waals surface area contributed by atoms with Crippen LogP contribution in [0.4, 0.5) is 4.79 Å². The van der Waals surface area contributed by atoms with Crippen LogP contribution in [0.3, 0.4) is 0 Å². The number of hydrogen-bond donors (Lipinski definition) is 2. The molecule has 0 spiro atoms. The summed E-state index contributed by atoms with van der Waals surface area (Å²) in [5, 5.41) is 5.02. The Hall–Kier alpha value is -1.63. The van der Waals surface area contributed by atoms with Gasteiger partial charge in [0.1, 0.15) is 0 Å². The minimum Gasteiger partial charge on any atom is -0.465 e. The van der Waals surface area contributed by atoms with Crippen LogP contribution in [0, 0.1) is 0 Å². The Morgan fingerprint density at radius 2 is 1.85 bits per heavy atom. The number of ether oxygens (including phenoxy) is 1. The van der Waals surface area contributed by atoms with Gasteiger partial charge in [0.15, 0.2) is 0 Å². The second-order valence-electron chi connectivity index (χ2n) is 4.98. The van der Waals surface area contributed by atoms with E-state index >= 15 is 0 Å². The normalized spacial score (nSPS) is 15.2. The van der Waals surface area contributed by atoms with Crippen molar-refractivity contribution in [3.05, 3.63) is 0 Å².